The Bertz CT molecular complexity index is 912. The summed E-state index contributed by atoms with van der Waals surface area (Å²) in [6.07, 6.45) is 0.773. The highest BCUT2D eigenvalue weighted by Crippen LogP contribution is 2.38. The Labute approximate surface area is 153 Å². The van der Waals surface area contributed by atoms with Crippen molar-refractivity contribution in [3.05, 3.63) is 48.0 Å². The summed E-state index contributed by atoms with van der Waals surface area (Å²) >= 11 is 0. The summed E-state index contributed by atoms with van der Waals surface area (Å²) in [5, 5.41) is 0. The highest BCUT2D eigenvalue weighted by atomic mass is 32.2. The number of hydrogen-bond acceptors (Lipinski definition) is 5. The number of ether oxygens (including phenoxy) is 3. The van der Waals surface area contributed by atoms with Crippen molar-refractivity contribution in [2.45, 2.75) is 24.2 Å². The summed E-state index contributed by atoms with van der Waals surface area (Å²) in [6.45, 7) is 3.43. The third-order valence-electron chi connectivity index (χ3n) is 4.79. The normalized spacial score (nSPS) is 19.7. The predicted molar refractivity (Wildman–Crippen MR) is 96.3 cm³/mol. The molecule has 1 fully saturated rings. The Morgan fingerprint density at radius 2 is 1.96 bits per heavy atom. The molecule has 0 bridgehead atoms. The van der Waals surface area contributed by atoms with E-state index >= 15 is 0 Å². The Morgan fingerprint density at radius 1 is 1.15 bits per heavy atom. The van der Waals surface area contributed by atoms with Crippen LogP contribution in [0.5, 0.6) is 17.2 Å². The van der Waals surface area contributed by atoms with Crippen molar-refractivity contribution in [3.63, 3.8) is 0 Å². The third-order valence-corrected chi connectivity index (χ3v) is 6.69. The van der Waals surface area contributed by atoms with Crippen LogP contribution in [-0.4, -0.2) is 39.2 Å². The summed E-state index contributed by atoms with van der Waals surface area (Å²) in [6, 6.07) is 12.6. The first kappa shape index (κ1) is 17.2. The van der Waals surface area contributed by atoms with Gasteiger partial charge < -0.3 is 14.2 Å². The fraction of sp³-hybridized carbons (Fsp3) is 0.368. The van der Waals surface area contributed by atoms with Gasteiger partial charge in [0.2, 0.25) is 16.8 Å². The first-order valence-corrected chi connectivity index (χ1v) is 10.1. The number of rotatable bonds is 5. The number of fused-ring (bicyclic) bond motifs is 1. The number of para-hydroxylation sites is 1. The van der Waals surface area contributed by atoms with Crippen molar-refractivity contribution >= 4 is 10.0 Å². The summed E-state index contributed by atoms with van der Waals surface area (Å²) in [7, 11) is -3.59. The van der Waals surface area contributed by atoms with E-state index in [1.54, 1.807) is 28.6 Å². The lowest BCUT2D eigenvalue weighted by molar-refractivity contribution is 0.174. The molecule has 1 saturated heterocycles. The summed E-state index contributed by atoms with van der Waals surface area (Å²) < 4.78 is 44.0. The van der Waals surface area contributed by atoms with Gasteiger partial charge in [-0.1, -0.05) is 18.2 Å². The minimum atomic E-state index is -3.59. The van der Waals surface area contributed by atoms with Gasteiger partial charge in [0.1, 0.15) is 10.6 Å². The molecule has 2 aromatic rings. The van der Waals surface area contributed by atoms with Crippen LogP contribution in [0.2, 0.25) is 0 Å². The molecule has 6 nitrogen and oxygen atoms in total. The molecule has 26 heavy (non-hydrogen) atoms. The second kappa shape index (κ2) is 6.81. The van der Waals surface area contributed by atoms with Crippen LogP contribution in [0.15, 0.2) is 47.4 Å². The van der Waals surface area contributed by atoms with E-state index in [9.17, 15) is 8.42 Å². The van der Waals surface area contributed by atoms with Crippen LogP contribution in [0.1, 0.15) is 24.8 Å². The molecule has 0 amide bonds. The van der Waals surface area contributed by atoms with Gasteiger partial charge in [-0.25, -0.2) is 8.42 Å². The highest BCUT2D eigenvalue weighted by Gasteiger charge is 2.35. The number of hydrogen-bond donors (Lipinski definition) is 0. The van der Waals surface area contributed by atoms with Gasteiger partial charge in [0.15, 0.2) is 11.5 Å². The molecule has 0 N–H and O–H groups in total. The molecule has 0 spiro atoms. The van der Waals surface area contributed by atoms with Crippen molar-refractivity contribution in [2.24, 2.45) is 0 Å². The largest absolute Gasteiger partial charge is 0.492 e. The average molecular weight is 375 g/mol. The Kier molecular flexibility index (Phi) is 4.50. The topological polar surface area (TPSA) is 65.1 Å². The van der Waals surface area contributed by atoms with Crippen LogP contribution >= 0.6 is 0 Å². The quantitative estimate of drug-likeness (QED) is 0.804. The zero-order valence-corrected chi connectivity index (χ0v) is 15.4. The molecule has 2 aliphatic heterocycles. The Morgan fingerprint density at radius 3 is 2.81 bits per heavy atom. The molecule has 138 valence electrons. The molecule has 2 aliphatic rings. The maximum atomic E-state index is 13.1. The SMILES string of the molecule is CCOc1ccccc1S(=O)(=O)N1CCC(c2ccc3c(c2)OCO3)C1. The van der Waals surface area contributed by atoms with Crippen LogP contribution in [0.4, 0.5) is 0 Å². The molecular formula is C19H21NO5S. The Hall–Kier alpha value is -2.25. The van der Waals surface area contributed by atoms with Crippen molar-refractivity contribution in [3.8, 4) is 17.2 Å². The molecule has 0 radical (unpaired) electrons. The molecule has 0 saturated carbocycles. The predicted octanol–water partition coefficient (Wildman–Crippen LogP) is 2.99. The van der Waals surface area contributed by atoms with E-state index in [4.69, 9.17) is 14.2 Å². The lowest BCUT2D eigenvalue weighted by Gasteiger charge is -2.19. The van der Waals surface area contributed by atoms with Gasteiger partial charge in [-0.15, -0.1) is 0 Å². The second-order valence-electron chi connectivity index (χ2n) is 6.34. The fourth-order valence-electron chi connectivity index (χ4n) is 3.46. The smallest absolute Gasteiger partial charge is 0.246 e. The lowest BCUT2D eigenvalue weighted by Crippen LogP contribution is -2.29. The van der Waals surface area contributed by atoms with Gasteiger partial charge in [0, 0.05) is 13.1 Å². The van der Waals surface area contributed by atoms with Crippen LogP contribution in [0.3, 0.4) is 0 Å². The molecule has 1 atom stereocenters. The van der Waals surface area contributed by atoms with E-state index in [2.05, 4.69) is 0 Å². The highest BCUT2D eigenvalue weighted by molar-refractivity contribution is 7.89. The van der Waals surface area contributed by atoms with E-state index in [0.717, 1.165) is 23.5 Å². The zero-order valence-electron chi connectivity index (χ0n) is 14.6. The van der Waals surface area contributed by atoms with Gasteiger partial charge in [-0.2, -0.15) is 4.31 Å². The van der Waals surface area contributed by atoms with E-state index in [1.165, 1.54) is 0 Å². The standard InChI is InChI=1S/C19H21NO5S/c1-2-23-17-5-3-4-6-19(17)26(21,22)20-10-9-15(12-20)14-7-8-16-18(11-14)25-13-24-16/h3-8,11,15H,2,9-10,12-13H2,1H3. The number of nitrogens with zero attached hydrogens (tertiary/aromatic N) is 1. The first-order chi connectivity index (χ1) is 12.6. The molecule has 7 heteroatoms. The molecular weight excluding hydrogens is 354 g/mol. The minimum absolute atomic E-state index is 0.138. The number of benzene rings is 2. The van der Waals surface area contributed by atoms with Crippen molar-refractivity contribution in [1.29, 1.82) is 0 Å². The van der Waals surface area contributed by atoms with Crippen LogP contribution in [0.25, 0.3) is 0 Å². The van der Waals surface area contributed by atoms with Gasteiger partial charge in [-0.05, 0) is 49.1 Å². The first-order valence-electron chi connectivity index (χ1n) is 8.71. The molecule has 0 aliphatic carbocycles. The van der Waals surface area contributed by atoms with E-state index in [1.807, 2.05) is 25.1 Å². The molecule has 1 unspecified atom stereocenters. The molecule has 2 heterocycles. The third kappa shape index (κ3) is 3.01. The molecule has 2 aromatic carbocycles. The van der Waals surface area contributed by atoms with Gasteiger partial charge in [-0.3, -0.25) is 0 Å². The van der Waals surface area contributed by atoms with Gasteiger partial charge >= 0.3 is 0 Å². The van der Waals surface area contributed by atoms with Crippen molar-refractivity contribution in [1.82, 2.24) is 4.31 Å². The van der Waals surface area contributed by atoms with E-state index < -0.39 is 10.0 Å². The summed E-state index contributed by atoms with van der Waals surface area (Å²) in [4.78, 5) is 0.230. The van der Waals surface area contributed by atoms with E-state index in [-0.39, 0.29) is 17.6 Å². The number of sulfonamides is 1. The summed E-state index contributed by atoms with van der Waals surface area (Å²) in [5.41, 5.74) is 1.07. The zero-order chi connectivity index (χ0) is 18.1. The van der Waals surface area contributed by atoms with Gasteiger partial charge in [0.05, 0.1) is 6.61 Å². The maximum Gasteiger partial charge on any atom is 0.246 e. The second-order valence-corrected chi connectivity index (χ2v) is 8.25. The average Bonchev–Trinajstić information content (AvgIpc) is 3.31. The monoisotopic (exact) mass is 375 g/mol. The van der Waals surface area contributed by atoms with E-state index in [0.29, 0.717) is 25.4 Å². The summed E-state index contributed by atoms with van der Waals surface area (Å²) in [5.74, 6) is 2.01. The Balaban J connectivity index is 1.56. The van der Waals surface area contributed by atoms with Crippen molar-refractivity contribution < 1.29 is 22.6 Å². The van der Waals surface area contributed by atoms with Crippen LogP contribution in [0, 0.1) is 0 Å². The van der Waals surface area contributed by atoms with Crippen LogP contribution < -0.4 is 14.2 Å². The molecule has 0 aromatic heterocycles. The minimum Gasteiger partial charge on any atom is -0.492 e. The maximum absolute atomic E-state index is 13.1. The van der Waals surface area contributed by atoms with Crippen molar-refractivity contribution in [2.75, 3.05) is 26.5 Å². The molecule has 4 rings (SSSR count). The van der Waals surface area contributed by atoms with Gasteiger partial charge in [0.25, 0.3) is 0 Å². The lowest BCUT2D eigenvalue weighted by atomic mass is 9.98. The van der Waals surface area contributed by atoms with Crippen LogP contribution in [-0.2, 0) is 10.0 Å². The fourth-order valence-corrected chi connectivity index (χ4v) is 5.09.